The Hall–Kier alpha value is -2.98. The zero-order chi connectivity index (χ0) is 22.2. The maximum atomic E-state index is 12.7. The van der Waals surface area contributed by atoms with Crippen LogP contribution in [-0.2, 0) is 5.75 Å². The third-order valence-corrected chi connectivity index (χ3v) is 6.81. The number of carbonyl (C=O) groups excluding carboxylic acids is 1. The molecule has 3 nitrogen and oxygen atoms in total. The molecule has 32 heavy (non-hydrogen) atoms. The highest BCUT2D eigenvalue weighted by molar-refractivity contribution is 7.98. The number of hydrogen-bond donors (Lipinski definition) is 0. The normalized spacial score (nSPS) is 14.0. The molecule has 0 unspecified atom stereocenters. The zero-order valence-corrected chi connectivity index (χ0v) is 19.3. The quantitative estimate of drug-likeness (QED) is 0.216. The van der Waals surface area contributed by atoms with Crippen LogP contribution in [0.5, 0.6) is 5.75 Å². The summed E-state index contributed by atoms with van der Waals surface area (Å²) in [6, 6.07) is 24.4. The summed E-state index contributed by atoms with van der Waals surface area (Å²) in [4.78, 5) is 16.3. The second-order valence-corrected chi connectivity index (χ2v) is 9.01. The van der Waals surface area contributed by atoms with Crippen LogP contribution in [0, 0.1) is 0 Å². The number of nitrogens with zero attached hydrogens (tertiary/aromatic N) is 1. The van der Waals surface area contributed by atoms with Crippen molar-refractivity contribution in [3.63, 3.8) is 0 Å². The first-order chi connectivity index (χ1) is 15.7. The first-order valence-corrected chi connectivity index (χ1v) is 12.1. The van der Waals surface area contributed by atoms with Crippen LogP contribution in [0.1, 0.15) is 40.7 Å². The van der Waals surface area contributed by atoms with Gasteiger partial charge in [-0.1, -0.05) is 36.4 Å². The maximum Gasteiger partial charge on any atom is 0.185 e. The van der Waals surface area contributed by atoms with Crippen molar-refractivity contribution in [3.05, 3.63) is 95.6 Å². The van der Waals surface area contributed by atoms with Crippen LogP contribution in [0.3, 0.4) is 0 Å². The van der Waals surface area contributed by atoms with E-state index < -0.39 is 0 Å². The van der Waals surface area contributed by atoms with E-state index in [2.05, 4.69) is 35.2 Å². The Morgan fingerprint density at radius 1 is 0.969 bits per heavy atom. The van der Waals surface area contributed by atoms with Crippen LogP contribution in [-0.4, -0.2) is 26.0 Å². The Morgan fingerprint density at radius 2 is 1.72 bits per heavy atom. The van der Waals surface area contributed by atoms with Gasteiger partial charge in [-0.2, -0.15) is 0 Å². The molecule has 0 atom stereocenters. The molecule has 0 radical (unpaired) electrons. The van der Waals surface area contributed by atoms with Gasteiger partial charge in [-0.15, -0.1) is 11.8 Å². The van der Waals surface area contributed by atoms with Crippen molar-refractivity contribution in [2.45, 2.75) is 29.9 Å². The van der Waals surface area contributed by atoms with E-state index in [1.54, 1.807) is 24.9 Å². The van der Waals surface area contributed by atoms with Gasteiger partial charge in [0.05, 0.1) is 7.11 Å². The molecule has 4 rings (SSSR count). The van der Waals surface area contributed by atoms with E-state index in [1.165, 1.54) is 29.8 Å². The summed E-state index contributed by atoms with van der Waals surface area (Å²) in [5, 5.41) is 0. The van der Waals surface area contributed by atoms with Crippen LogP contribution in [0.15, 0.2) is 83.8 Å². The van der Waals surface area contributed by atoms with Gasteiger partial charge in [0.2, 0.25) is 0 Å². The molecule has 0 N–H and O–H groups in total. The van der Waals surface area contributed by atoms with Crippen LogP contribution in [0.2, 0.25) is 0 Å². The number of benzene rings is 3. The topological polar surface area (TPSA) is 29.5 Å². The molecule has 4 heteroatoms. The van der Waals surface area contributed by atoms with E-state index in [0.717, 1.165) is 35.7 Å². The molecule has 0 saturated carbocycles. The van der Waals surface area contributed by atoms with Crippen molar-refractivity contribution in [2.75, 3.05) is 25.1 Å². The first-order valence-electron chi connectivity index (χ1n) is 11.1. The third-order valence-electron chi connectivity index (χ3n) is 5.75. The molecule has 0 aliphatic carbocycles. The second kappa shape index (κ2) is 11.1. The highest BCUT2D eigenvalue weighted by atomic mass is 32.2. The molecule has 3 aromatic carbocycles. The number of rotatable bonds is 8. The summed E-state index contributed by atoms with van der Waals surface area (Å²) >= 11 is 1.78. The molecule has 1 heterocycles. The highest BCUT2D eigenvalue weighted by Gasteiger charge is 2.11. The highest BCUT2D eigenvalue weighted by Crippen LogP contribution is 2.29. The number of ketones is 1. The first kappa shape index (κ1) is 22.2. The van der Waals surface area contributed by atoms with Gasteiger partial charge in [-0.25, -0.2) is 0 Å². The SMILES string of the molecule is COc1cc(C=CC(=O)c2ccc(N3CCCCC3)cc2)ccc1CSc1ccccc1. The lowest BCUT2D eigenvalue weighted by Gasteiger charge is -2.28. The summed E-state index contributed by atoms with van der Waals surface area (Å²) in [5.41, 5.74) is 4.01. The van der Waals surface area contributed by atoms with E-state index in [-0.39, 0.29) is 5.78 Å². The maximum absolute atomic E-state index is 12.7. The summed E-state index contributed by atoms with van der Waals surface area (Å²) in [6.07, 6.45) is 7.31. The van der Waals surface area contributed by atoms with Crippen molar-refractivity contribution < 1.29 is 9.53 Å². The summed E-state index contributed by atoms with van der Waals surface area (Å²) in [5.74, 6) is 1.69. The minimum absolute atomic E-state index is 0.0119. The van der Waals surface area contributed by atoms with Gasteiger partial charge in [0, 0.05) is 40.6 Å². The molecule has 3 aromatic rings. The summed E-state index contributed by atoms with van der Waals surface area (Å²) < 4.78 is 5.60. The van der Waals surface area contributed by atoms with Gasteiger partial charge in [-0.05, 0) is 73.4 Å². The lowest BCUT2D eigenvalue weighted by atomic mass is 10.1. The number of carbonyl (C=O) groups is 1. The predicted octanol–water partition coefficient (Wildman–Crippen LogP) is 6.87. The van der Waals surface area contributed by atoms with Gasteiger partial charge in [0.25, 0.3) is 0 Å². The molecule has 1 saturated heterocycles. The third kappa shape index (κ3) is 5.83. The van der Waals surface area contributed by atoms with Crippen molar-refractivity contribution in [1.29, 1.82) is 0 Å². The monoisotopic (exact) mass is 443 g/mol. The van der Waals surface area contributed by atoms with E-state index >= 15 is 0 Å². The average Bonchev–Trinajstić information content (AvgIpc) is 2.87. The number of allylic oxidation sites excluding steroid dienone is 1. The fourth-order valence-electron chi connectivity index (χ4n) is 3.92. The van der Waals surface area contributed by atoms with Gasteiger partial charge < -0.3 is 9.64 Å². The zero-order valence-electron chi connectivity index (χ0n) is 18.5. The van der Waals surface area contributed by atoms with Crippen LogP contribution in [0.25, 0.3) is 6.08 Å². The van der Waals surface area contributed by atoms with E-state index in [4.69, 9.17) is 4.74 Å². The van der Waals surface area contributed by atoms with Gasteiger partial charge in [-0.3, -0.25) is 4.79 Å². The van der Waals surface area contributed by atoms with Crippen molar-refractivity contribution in [1.82, 2.24) is 0 Å². The minimum Gasteiger partial charge on any atom is -0.496 e. The number of thioether (sulfide) groups is 1. The molecular formula is C28H29NO2S. The predicted molar refractivity (Wildman–Crippen MR) is 135 cm³/mol. The number of methoxy groups -OCH3 is 1. The van der Waals surface area contributed by atoms with Crippen molar-refractivity contribution in [2.24, 2.45) is 0 Å². The molecule has 1 aliphatic rings. The van der Waals surface area contributed by atoms with Crippen molar-refractivity contribution in [3.8, 4) is 5.75 Å². The van der Waals surface area contributed by atoms with Crippen LogP contribution in [0.4, 0.5) is 5.69 Å². The number of hydrogen-bond acceptors (Lipinski definition) is 4. The molecule has 0 aromatic heterocycles. The van der Waals surface area contributed by atoms with E-state index in [9.17, 15) is 4.79 Å². The molecule has 0 bridgehead atoms. The molecule has 0 amide bonds. The number of piperidine rings is 1. The molecule has 1 fully saturated rings. The number of anilines is 1. The van der Waals surface area contributed by atoms with E-state index in [1.807, 2.05) is 48.5 Å². The fourth-order valence-corrected chi connectivity index (χ4v) is 4.83. The summed E-state index contributed by atoms with van der Waals surface area (Å²) in [6.45, 7) is 2.21. The van der Waals surface area contributed by atoms with Gasteiger partial charge >= 0.3 is 0 Å². The second-order valence-electron chi connectivity index (χ2n) is 7.97. The smallest absolute Gasteiger partial charge is 0.185 e. The van der Waals surface area contributed by atoms with Crippen molar-refractivity contribution >= 4 is 29.3 Å². The fraction of sp³-hybridized carbons (Fsp3) is 0.250. The minimum atomic E-state index is 0.0119. The average molecular weight is 444 g/mol. The lowest BCUT2D eigenvalue weighted by Crippen LogP contribution is -2.29. The molecule has 0 spiro atoms. The Labute approximate surface area is 195 Å². The van der Waals surface area contributed by atoms with Crippen LogP contribution >= 0.6 is 11.8 Å². The number of ether oxygens (including phenoxy) is 1. The molecule has 164 valence electrons. The molecular weight excluding hydrogens is 414 g/mol. The Kier molecular flexibility index (Phi) is 7.68. The Bertz CT molecular complexity index is 1050. The summed E-state index contributed by atoms with van der Waals surface area (Å²) in [7, 11) is 1.69. The van der Waals surface area contributed by atoms with Gasteiger partial charge in [0.15, 0.2) is 5.78 Å². The Balaban J connectivity index is 1.39. The van der Waals surface area contributed by atoms with Crippen LogP contribution < -0.4 is 9.64 Å². The largest absolute Gasteiger partial charge is 0.496 e. The standard InChI is InChI=1S/C28H29NO2S/c1-31-28-20-22(10-12-24(28)21-32-26-8-4-2-5-9-26)11-17-27(30)23-13-15-25(16-14-23)29-18-6-3-7-19-29/h2,4-5,8-17,20H,3,6-7,18-19,21H2,1H3. The molecule has 1 aliphatic heterocycles. The van der Waals surface area contributed by atoms with E-state index in [0.29, 0.717) is 5.56 Å². The Morgan fingerprint density at radius 3 is 2.44 bits per heavy atom. The van der Waals surface area contributed by atoms with Gasteiger partial charge in [0.1, 0.15) is 5.75 Å². The lowest BCUT2D eigenvalue weighted by molar-refractivity contribution is 0.104.